The molecule has 0 N–H and O–H groups in total. The number of benzene rings is 2. The first kappa shape index (κ1) is 25.7. The van der Waals surface area contributed by atoms with Gasteiger partial charge in [0.15, 0.2) is 23.0 Å². The van der Waals surface area contributed by atoms with Crippen LogP contribution in [0.4, 0.5) is 0 Å². The van der Waals surface area contributed by atoms with Crippen LogP contribution in [0.5, 0.6) is 23.0 Å². The zero-order valence-corrected chi connectivity index (χ0v) is 21.9. The highest BCUT2D eigenvalue weighted by Gasteiger charge is 2.31. The van der Waals surface area contributed by atoms with Gasteiger partial charge in [0.1, 0.15) is 6.10 Å². The van der Waals surface area contributed by atoms with Crippen molar-refractivity contribution in [3.05, 3.63) is 47.5 Å². The van der Waals surface area contributed by atoms with Crippen LogP contribution in [0.1, 0.15) is 37.8 Å². The largest absolute Gasteiger partial charge is 0.490 e. The number of hydrogen-bond donors (Lipinski definition) is 0. The van der Waals surface area contributed by atoms with E-state index in [1.807, 2.05) is 35.2 Å². The van der Waals surface area contributed by atoms with E-state index in [9.17, 15) is 4.79 Å². The van der Waals surface area contributed by atoms with E-state index in [-0.39, 0.29) is 5.91 Å². The first-order chi connectivity index (χ1) is 18.1. The summed E-state index contributed by atoms with van der Waals surface area (Å²) in [5, 5.41) is 0. The number of para-hydroxylation sites is 1. The lowest BCUT2D eigenvalue weighted by Gasteiger charge is -2.36. The topological polar surface area (TPSA) is 69.7 Å². The molecule has 0 spiro atoms. The Morgan fingerprint density at radius 3 is 2.51 bits per heavy atom. The second-order valence-electron chi connectivity index (χ2n) is 10.3. The summed E-state index contributed by atoms with van der Waals surface area (Å²) in [4.78, 5) is 17.9. The minimum Gasteiger partial charge on any atom is -0.490 e. The van der Waals surface area contributed by atoms with Crippen LogP contribution in [0.2, 0.25) is 0 Å². The van der Waals surface area contributed by atoms with Gasteiger partial charge in [0.2, 0.25) is 0 Å². The molecule has 3 heterocycles. The van der Waals surface area contributed by atoms with Gasteiger partial charge in [-0.25, -0.2) is 0 Å². The predicted molar refractivity (Wildman–Crippen MR) is 139 cm³/mol. The van der Waals surface area contributed by atoms with Crippen LogP contribution >= 0.6 is 0 Å². The summed E-state index contributed by atoms with van der Waals surface area (Å²) in [6.45, 7) is 10.5. The molecule has 1 fully saturated rings. The van der Waals surface area contributed by atoms with Crippen LogP contribution in [0, 0.1) is 5.92 Å². The molecule has 0 radical (unpaired) electrons. The normalized spacial score (nSPS) is 19.7. The fourth-order valence-electron chi connectivity index (χ4n) is 5.02. The molecule has 2 aromatic carbocycles. The molecule has 1 atom stereocenters. The third-order valence-electron chi connectivity index (χ3n) is 6.76. The zero-order chi connectivity index (χ0) is 25.6. The molecule has 0 aliphatic carbocycles. The molecule has 5 rings (SSSR count). The van der Waals surface area contributed by atoms with E-state index >= 15 is 0 Å². The molecule has 8 heteroatoms. The highest BCUT2D eigenvalue weighted by molar-refractivity contribution is 5.81. The summed E-state index contributed by atoms with van der Waals surface area (Å²) in [6, 6.07) is 12.0. The van der Waals surface area contributed by atoms with E-state index in [1.165, 1.54) is 0 Å². The number of morpholine rings is 1. The summed E-state index contributed by atoms with van der Waals surface area (Å²) in [5.74, 6) is 3.50. The molecular formula is C29H38N2O6. The molecule has 1 unspecified atom stereocenters. The smallest absolute Gasteiger partial charge is 0.253 e. The summed E-state index contributed by atoms with van der Waals surface area (Å²) in [6.07, 6.45) is 1.23. The van der Waals surface area contributed by atoms with Crippen LogP contribution in [-0.2, 0) is 22.6 Å². The number of fused-ring (bicyclic) bond motifs is 2. The number of carbonyl (C=O) groups is 1. The van der Waals surface area contributed by atoms with E-state index in [4.69, 9.17) is 23.7 Å². The molecule has 37 heavy (non-hydrogen) atoms. The van der Waals surface area contributed by atoms with Crippen molar-refractivity contribution in [2.24, 2.45) is 5.92 Å². The van der Waals surface area contributed by atoms with Gasteiger partial charge in [0.25, 0.3) is 5.91 Å². The van der Waals surface area contributed by atoms with Crippen molar-refractivity contribution in [3.8, 4) is 23.0 Å². The molecular weight excluding hydrogens is 472 g/mol. The van der Waals surface area contributed by atoms with E-state index < -0.39 is 6.10 Å². The Morgan fingerprint density at radius 1 is 0.946 bits per heavy atom. The van der Waals surface area contributed by atoms with Gasteiger partial charge in [-0.1, -0.05) is 32.0 Å². The Bertz CT molecular complexity index is 1070. The Hall–Kier alpha value is -2.97. The van der Waals surface area contributed by atoms with Crippen molar-refractivity contribution < 1.29 is 28.5 Å². The zero-order valence-electron chi connectivity index (χ0n) is 21.9. The number of rotatable bonds is 7. The molecule has 0 aromatic heterocycles. The van der Waals surface area contributed by atoms with Crippen molar-refractivity contribution in [2.75, 3.05) is 52.7 Å². The van der Waals surface area contributed by atoms with Crippen LogP contribution < -0.4 is 18.9 Å². The standard InChI is InChI=1S/C29H38N2O6/c1-21(2)17-31(18-22-8-9-24-26(16-22)35-13-4-11-33-24)29(32)27-20-30(10-15-36-27)19-23-6-3-7-25-28(23)37-14-5-12-34-25/h3,6-9,16,21,27H,4-5,10-15,17-20H2,1-2H3. The SMILES string of the molecule is CC(C)CN(Cc1ccc2c(c1)OCCCO2)C(=O)C1CN(Cc2cccc3c2OCCCO3)CCO1. The highest BCUT2D eigenvalue weighted by Crippen LogP contribution is 2.34. The van der Waals surface area contributed by atoms with E-state index in [0.717, 1.165) is 53.5 Å². The second kappa shape index (κ2) is 12.0. The molecule has 200 valence electrons. The maximum absolute atomic E-state index is 13.7. The third kappa shape index (κ3) is 6.48. The fraction of sp³-hybridized carbons (Fsp3) is 0.552. The van der Waals surface area contributed by atoms with Crippen LogP contribution in [0.25, 0.3) is 0 Å². The number of amides is 1. The minimum absolute atomic E-state index is 0.0250. The lowest BCUT2D eigenvalue weighted by molar-refractivity contribution is -0.151. The molecule has 2 aromatic rings. The summed E-state index contributed by atoms with van der Waals surface area (Å²) >= 11 is 0. The predicted octanol–water partition coefficient (Wildman–Crippen LogP) is 3.89. The monoisotopic (exact) mass is 510 g/mol. The van der Waals surface area contributed by atoms with Crippen molar-refractivity contribution in [1.82, 2.24) is 9.80 Å². The molecule has 3 aliphatic heterocycles. The maximum atomic E-state index is 13.7. The molecule has 1 saturated heterocycles. The average molecular weight is 511 g/mol. The van der Waals surface area contributed by atoms with Gasteiger partial charge >= 0.3 is 0 Å². The van der Waals surface area contributed by atoms with Gasteiger partial charge in [-0.05, 0) is 29.7 Å². The van der Waals surface area contributed by atoms with E-state index in [0.29, 0.717) is 65.1 Å². The van der Waals surface area contributed by atoms with Gasteiger partial charge in [-0.3, -0.25) is 9.69 Å². The number of ether oxygens (including phenoxy) is 5. The first-order valence-corrected chi connectivity index (χ1v) is 13.5. The van der Waals surface area contributed by atoms with Crippen molar-refractivity contribution in [1.29, 1.82) is 0 Å². The summed E-state index contributed by atoms with van der Waals surface area (Å²) < 4.78 is 29.5. The molecule has 8 nitrogen and oxygen atoms in total. The fourth-order valence-corrected chi connectivity index (χ4v) is 5.02. The number of carbonyl (C=O) groups excluding carboxylic acids is 1. The number of hydrogen-bond acceptors (Lipinski definition) is 7. The molecule has 0 saturated carbocycles. The maximum Gasteiger partial charge on any atom is 0.253 e. The number of nitrogens with zero attached hydrogens (tertiary/aromatic N) is 2. The average Bonchev–Trinajstić information content (AvgIpc) is 3.29. The Morgan fingerprint density at radius 2 is 1.70 bits per heavy atom. The highest BCUT2D eigenvalue weighted by atomic mass is 16.5. The van der Waals surface area contributed by atoms with Crippen molar-refractivity contribution in [3.63, 3.8) is 0 Å². The van der Waals surface area contributed by atoms with Gasteiger partial charge < -0.3 is 28.6 Å². The third-order valence-corrected chi connectivity index (χ3v) is 6.76. The lowest BCUT2D eigenvalue weighted by atomic mass is 10.1. The summed E-state index contributed by atoms with van der Waals surface area (Å²) in [7, 11) is 0. The Labute approximate surface area is 219 Å². The van der Waals surface area contributed by atoms with Gasteiger partial charge in [0.05, 0.1) is 33.0 Å². The molecule has 0 bridgehead atoms. The minimum atomic E-state index is -0.507. The van der Waals surface area contributed by atoms with Gasteiger partial charge in [0, 0.05) is 51.1 Å². The first-order valence-electron chi connectivity index (χ1n) is 13.5. The van der Waals surface area contributed by atoms with Gasteiger partial charge in [-0.15, -0.1) is 0 Å². The lowest BCUT2D eigenvalue weighted by Crippen LogP contribution is -2.51. The quantitative estimate of drug-likeness (QED) is 0.560. The Kier molecular flexibility index (Phi) is 8.36. The van der Waals surface area contributed by atoms with Crippen LogP contribution in [0.3, 0.4) is 0 Å². The molecule has 3 aliphatic rings. The van der Waals surface area contributed by atoms with Crippen LogP contribution in [0.15, 0.2) is 36.4 Å². The Balaban J connectivity index is 1.27. The second-order valence-corrected chi connectivity index (χ2v) is 10.3. The van der Waals surface area contributed by atoms with Crippen LogP contribution in [-0.4, -0.2) is 74.5 Å². The van der Waals surface area contributed by atoms with Gasteiger partial charge in [-0.2, -0.15) is 0 Å². The van der Waals surface area contributed by atoms with Crippen molar-refractivity contribution in [2.45, 2.75) is 45.9 Å². The summed E-state index contributed by atoms with van der Waals surface area (Å²) in [5.41, 5.74) is 2.11. The van der Waals surface area contributed by atoms with E-state index in [1.54, 1.807) is 0 Å². The van der Waals surface area contributed by atoms with E-state index in [2.05, 4.69) is 24.8 Å². The molecule has 1 amide bonds. The van der Waals surface area contributed by atoms with Crippen molar-refractivity contribution >= 4 is 5.91 Å².